The molecule has 0 amide bonds. The molecule has 2 N–H and O–H groups in total. The summed E-state index contributed by atoms with van der Waals surface area (Å²) in [5, 5.41) is 6.83. The van der Waals surface area contributed by atoms with E-state index in [-0.39, 0.29) is 24.0 Å². The number of aryl methyl sites for hydroxylation is 1. The maximum absolute atomic E-state index is 5.06. The van der Waals surface area contributed by atoms with Crippen molar-refractivity contribution >= 4 is 29.9 Å². The molecule has 1 aromatic rings. The van der Waals surface area contributed by atoms with E-state index >= 15 is 0 Å². The first-order chi connectivity index (χ1) is 11.3. The van der Waals surface area contributed by atoms with Gasteiger partial charge in [0, 0.05) is 32.8 Å². The van der Waals surface area contributed by atoms with E-state index in [1.807, 2.05) is 0 Å². The highest BCUT2D eigenvalue weighted by Crippen LogP contribution is 2.04. The Hall–Kier alpha value is -0.820. The summed E-state index contributed by atoms with van der Waals surface area (Å²) < 4.78 is 5.06. The minimum atomic E-state index is 0. The van der Waals surface area contributed by atoms with Crippen LogP contribution in [-0.4, -0.2) is 38.8 Å². The number of aliphatic imine (C=N–C) groups is 1. The fourth-order valence-corrected chi connectivity index (χ4v) is 2.38. The Bertz CT molecular complexity index is 426. The van der Waals surface area contributed by atoms with E-state index in [9.17, 15) is 0 Å². The normalized spacial score (nSPS) is 12.4. The number of methoxy groups -OCH3 is 1. The van der Waals surface area contributed by atoms with E-state index in [0.29, 0.717) is 6.04 Å². The summed E-state index contributed by atoms with van der Waals surface area (Å²) in [6.07, 6.45) is 5.58. The second kappa shape index (κ2) is 15.7. The van der Waals surface area contributed by atoms with Gasteiger partial charge < -0.3 is 15.4 Å². The molecule has 0 aliphatic carbocycles. The first kappa shape index (κ1) is 23.2. The number of nitrogens with one attached hydrogen (secondary N) is 2. The lowest BCUT2D eigenvalue weighted by Gasteiger charge is -2.18. The number of unbranched alkanes of at least 4 members (excludes halogenated alkanes) is 2. The zero-order valence-corrected chi connectivity index (χ0v) is 17.7. The highest BCUT2D eigenvalue weighted by molar-refractivity contribution is 14.0. The molecule has 1 unspecified atom stereocenters. The van der Waals surface area contributed by atoms with Crippen LogP contribution in [0.5, 0.6) is 0 Å². The number of benzene rings is 1. The van der Waals surface area contributed by atoms with Crippen LogP contribution < -0.4 is 10.6 Å². The SMILES string of the molecule is CCNC(=NCCCCCOC)NC(C)CCc1ccccc1.I. The third kappa shape index (κ3) is 11.7. The maximum atomic E-state index is 5.06. The van der Waals surface area contributed by atoms with Crippen molar-refractivity contribution in [2.75, 3.05) is 26.8 Å². The van der Waals surface area contributed by atoms with E-state index < -0.39 is 0 Å². The molecule has 0 spiro atoms. The summed E-state index contributed by atoms with van der Waals surface area (Å²) >= 11 is 0. The predicted octanol–water partition coefficient (Wildman–Crippen LogP) is 4.00. The van der Waals surface area contributed by atoms with E-state index in [4.69, 9.17) is 4.74 Å². The lowest BCUT2D eigenvalue weighted by molar-refractivity contribution is 0.192. The molecule has 0 aliphatic heterocycles. The van der Waals surface area contributed by atoms with Gasteiger partial charge in [-0.05, 0) is 51.5 Å². The molecule has 1 rings (SSSR count). The quantitative estimate of drug-likeness (QED) is 0.233. The lowest BCUT2D eigenvalue weighted by Crippen LogP contribution is -2.42. The van der Waals surface area contributed by atoms with Gasteiger partial charge in [-0.15, -0.1) is 24.0 Å². The largest absolute Gasteiger partial charge is 0.385 e. The summed E-state index contributed by atoms with van der Waals surface area (Å²) in [5.41, 5.74) is 1.39. The highest BCUT2D eigenvalue weighted by atomic mass is 127. The molecule has 0 aliphatic rings. The van der Waals surface area contributed by atoms with Gasteiger partial charge >= 0.3 is 0 Å². The summed E-state index contributed by atoms with van der Waals surface area (Å²) in [5.74, 6) is 0.930. The van der Waals surface area contributed by atoms with Crippen LogP contribution in [0.15, 0.2) is 35.3 Å². The summed E-state index contributed by atoms with van der Waals surface area (Å²) in [6.45, 7) is 6.92. The Morgan fingerprint density at radius 1 is 1.17 bits per heavy atom. The minimum absolute atomic E-state index is 0. The monoisotopic (exact) mass is 447 g/mol. The molecule has 0 heterocycles. The molecular formula is C19H34IN3O. The highest BCUT2D eigenvalue weighted by Gasteiger charge is 2.05. The van der Waals surface area contributed by atoms with Crippen molar-refractivity contribution in [3.8, 4) is 0 Å². The van der Waals surface area contributed by atoms with Crippen LogP contribution in [0.4, 0.5) is 0 Å². The van der Waals surface area contributed by atoms with Crippen molar-refractivity contribution in [3.63, 3.8) is 0 Å². The molecule has 0 saturated carbocycles. The number of guanidine groups is 1. The summed E-state index contributed by atoms with van der Waals surface area (Å²) in [4.78, 5) is 4.66. The van der Waals surface area contributed by atoms with E-state index in [2.05, 4.69) is 59.8 Å². The van der Waals surface area contributed by atoms with Crippen LogP contribution in [0.25, 0.3) is 0 Å². The molecule has 0 radical (unpaired) electrons. The van der Waals surface area contributed by atoms with Gasteiger partial charge in [-0.25, -0.2) is 0 Å². The zero-order valence-electron chi connectivity index (χ0n) is 15.4. The average molecular weight is 447 g/mol. The summed E-state index contributed by atoms with van der Waals surface area (Å²) in [6, 6.07) is 11.0. The molecule has 1 atom stereocenters. The van der Waals surface area contributed by atoms with Crippen LogP contribution in [0, 0.1) is 0 Å². The van der Waals surface area contributed by atoms with Gasteiger partial charge in [-0.2, -0.15) is 0 Å². The van der Waals surface area contributed by atoms with Crippen molar-refractivity contribution in [2.24, 2.45) is 4.99 Å². The fourth-order valence-electron chi connectivity index (χ4n) is 2.38. The number of halogens is 1. The van der Waals surface area contributed by atoms with Gasteiger partial charge in [0.2, 0.25) is 0 Å². The molecule has 0 saturated heterocycles. The topological polar surface area (TPSA) is 45.7 Å². The molecule has 0 bridgehead atoms. The Balaban J connectivity index is 0.00000529. The van der Waals surface area contributed by atoms with Crippen LogP contribution >= 0.6 is 24.0 Å². The molecule has 4 nitrogen and oxygen atoms in total. The van der Waals surface area contributed by atoms with Gasteiger partial charge in [-0.3, -0.25) is 4.99 Å². The minimum Gasteiger partial charge on any atom is -0.385 e. The molecule has 5 heteroatoms. The van der Waals surface area contributed by atoms with Gasteiger partial charge in [0.15, 0.2) is 5.96 Å². The van der Waals surface area contributed by atoms with Crippen LogP contribution in [0.2, 0.25) is 0 Å². The van der Waals surface area contributed by atoms with Gasteiger partial charge in [0.25, 0.3) is 0 Å². The van der Waals surface area contributed by atoms with E-state index in [1.165, 1.54) is 12.0 Å². The molecule has 1 aromatic carbocycles. The van der Waals surface area contributed by atoms with Crippen LogP contribution in [-0.2, 0) is 11.2 Å². The standard InChI is InChI=1S/C19H33N3O.HI/c1-4-20-19(21-15-9-6-10-16-23-3)22-17(2)13-14-18-11-7-5-8-12-18;/h5,7-8,11-12,17H,4,6,9-10,13-16H2,1-3H3,(H2,20,21,22);1H. The van der Waals surface area contributed by atoms with Gasteiger partial charge in [0.05, 0.1) is 0 Å². The van der Waals surface area contributed by atoms with Gasteiger partial charge in [0.1, 0.15) is 0 Å². The Morgan fingerprint density at radius 3 is 2.58 bits per heavy atom. The number of nitrogens with zero attached hydrogens (tertiary/aromatic N) is 1. The van der Waals surface area contributed by atoms with Gasteiger partial charge in [-0.1, -0.05) is 30.3 Å². The zero-order chi connectivity index (χ0) is 16.8. The first-order valence-corrected chi connectivity index (χ1v) is 8.84. The smallest absolute Gasteiger partial charge is 0.191 e. The molecule has 138 valence electrons. The number of hydrogen-bond acceptors (Lipinski definition) is 2. The second-order valence-electron chi connectivity index (χ2n) is 5.88. The predicted molar refractivity (Wildman–Crippen MR) is 114 cm³/mol. The van der Waals surface area contributed by atoms with E-state index in [1.54, 1.807) is 7.11 Å². The summed E-state index contributed by atoms with van der Waals surface area (Å²) in [7, 11) is 1.75. The average Bonchev–Trinajstić information content (AvgIpc) is 2.57. The second-order valence-corrected chi connectivity index (χ2v) is 5.88. The number of hydrogen-bond donors (Lipinski definition) is 2. The number of ether oxygens (including phenoxy) is 1. The molecule has 24 heavy (non-hydrogen) atoms. The Kier molecular flexibility index (Phi) is 15.2. The molecular weight excluding hydrogens is 413 g/mol. The van der Waals surface area contributed by atoms with Crippen molar-refractivity contribution in [1.82, 2.24) is 10.6 Å². The van der Waals surface area contributed by atoms with E-state index in [0.717, 1.165) is 51.3 Å². The third-order valence-corrected chi connectivity index (χ3v) is 3.71. The van der Waals surface area contributed by atoms with Crippen molar-refractivity contribution in [3.05, 3.63) is 35.9 Å². The number of rotatable bonds is 11. The first-order valence-electron chi connectivity index (χ1n) is 8.84. The Morgan fingerprint density at radius 2 is 1.92 bits per heavy atom. The van der Waals surface area contributed by atoms with Crippen LogP contribution in [0.3, 0.4) is 0 Å². The Labute approximate surface area is 164 Å². The van der Waals surface area contributed by atoms with Crippen LogP contribution in [0.1, 0.15) is 45.1 Å². The van der Waals surface area contributed by atoms with Crippen molar-refractivity contribution < 1.29 is 4.74 Å². The maximum Gasteiger partial charge on any atom is 0.191 e. The fraction of sp³-hybridized carbons (Fsp3) is 0.632. The molecule has 0 fully saturated rings. The van der Waals surface area contributed by atoms with Crippen molar-refractivity contribution in [2.45, 2.75) is 52.0 Å². The van der Waals surface area contributed by atoms with Crippen molar-refractivity contribution in [1.29, 1.82) is 0 Å². The lowest BCUT2D eigenvalue weighted by atomic mass is 10.1. The third-order valence-electron chi connectivity index (χ3n) is 3.71. The molecule has 0 aromatic heterocycles.